The number of amides is 1. The normalized spacial score (nSPS) is 18.8. The molecule has 1 heterocycles. The van der Waals surface area contributed by atoms with Crippen LogP contribution in [0.1, 0.15) is 30.4 Å². The van der Waals surface area contributed by atoms with E-state index in [9.17, 15) is 4.79 Å². The van der Waals surface area contributed by atoms with Crippen LogP contribution in [0.4, 0.5) is 5.69 Å². The number of hydrogen-bond donors (Lipinski definition) is 2. The third kappa shape index (κ3) is 4.83. The summed E-state index contributed by atoms with van der Waals surface area (Å²) in [6.45, 7) is 6.57. The largest absolute Gasteiger partial charge is 0.325 e. The molecule has 0 aromatic heterocycles. The quantitative estimate of drug-likeness (QED) is 0.874. The van der Waals surface area contributed by atoms with Gasteiger partial charge in [0.1, 0.15) is 0 Å². The molecule has 1 atom stereocenters. The highest BCUT2D eigenvalue weighted by molar-refractivity contribution is 5.93. The van der Waals surface area contributed by atoms with Crippen LogP contribution in [0.3, 0.4) is 0 Å². The van der Waals surface area contributed by atoms with Crippen molar-refractivity contribution in [2.24, 2.45) is 0 Å². The van der Waals surface area contributed by atoms with Crippen molar-refractivity contribution in [1.29, 1.82) is 0 Å². The number of carbonyl (C=O) groups is 1. The Kier molecular flexibility index (Phi) is 5.76. The minimum absolute atomic E-state index is 0.0574. The fourth-order valence-electron chi connectivity index (χ4n) is 2.84. The summed E-state index contributed by atoms with van der Waals surface area (Å²) < 4.78 is 0. The van der Waals surface area contributed by atoms with Gasteiger partial charge in [-0.3, -0.25) is 9.69 Å². The molecule has 1 unspecified atom stereocenters. The summed E-state index contributed by atoms with van der Waals surface area (Å²) in [5.74, 6) is 0.0574. The van der Waals surface area contributed by atoms with E-state index in [1.165, 1.54) is 24.8 Å². The monoisotopic (exact) mass is 289 g/mol. The molecule has 0 bridgehead atoms. The summed E-state index contributed by atoms with van der Waals surface area (Å²) in [4.78, 5) is 14.3. The van der Waals surface area contributed by atoms with Gasteiger partial charge in [0.05, 0.1) is 6.54 Å². The molecule has 2 rings (SSSR count). The molecule has 1 fully saturated rings. The standard InChI is InChI=1S/C17H27N3O/c1-13-7-6-9-16(14(13)2)19-17(21)12-20(3)11-15-8-4-5-10-18-15/h6-7,9,15,18H,4-5,8,10-12H2,1-3H3,(H,19,21). The van der Waals surface area contributed by atoms with Crippen molar-refractivity contribution >= 4 is 11.6 Å². The average Bonchev–Trinajstić information content (AvgIpc) is 2.44. The summed E-state index contributed by atoms with van der Waals surface area (Å²) in [6.07, 6.45) is 3.77. The van der Waals surface area contributed by atoms with Gasteiger partial charge in [-0.15, -0.1) is 0 Å². The zero-order valence-electron chi connectivity index (χ0n) is 13.4. The summed E-state index contributed by atoms with van der Waals surface area (Å²) in [5.41, 5.74) is 3.26. The van der Waals surface area contributed by atoms with Gasteiger partial charge in [0.15, 0.2) is 0 Å². The molecular weight excluding hydrogens is 262 g/mol. The van der Waals surface area contributed by atoms with Gasteiger partial charge in [0.2, 0.25) is 5.91 Å². The predicted octanol–water partition coefficient (Wildman–Crippen LogP) is 2.32. The number of rotatable bonds is 5. The maximum absolute atomic E-state index is 12.2. The number of likely N-dealkylation sites (N-methyl/N-ethyl adjacent to an activating group) is 1. The van der Waals surface area contributed by atoms with Gasteiger partial charge in [-0.2, -0.15) is 0 Å². The Bertz CT molecular complexity index is 481. The van der Waals surface area contributed by atoms with Crippen molar-refractivity contribution in [3.8, 4) is 0 Å². The van der Waals surface area contributed by atoms with E-state index in [-0.39, 0.29) is 5.91 Å². The average molecular weight is 289 g/mol. The fourth-order valence-corrected chi connectivity index (χ4v) is 2.84. The Balaban J connectivity index is 1.82. The lowest BCUT2D eigenvalue weighted by Crippen LogP contribution is -2.44. The molecule has 2 N–H and O–H groups in total. The van der Waals surface area contributed by atoms with Crippen LogP contribution in [0.15, 0.2) is 18.2 Å². The Morgan fingerprint density at radius 3 is 2.90 bits per heavy atom. The lowest BCUT2D eigenvalue weighted by Gasteiger charge is -2.27. The molecule has 116 valence electrons. The number of hydrogen-bond acceptors (Lipinski definition) is 3. The number of nitrogens with zero attached hydrogens (tertiary/aromatic N) is 1. The number of benzene rings is 1. The molecule has 1 aliphatic heterocycles. The van der Waals surface area contributed by atoms with Crippen molar-refractivity contribution in [2.45, 2.75) is 39.2 Å². The molecule has 4 nitrogen and oxygen atoms in total. The van der Waals surface area contributed by atoms with E-state index in [0.717, 1.165) is 24.3 Å². The highest BCUT2D eigenvalue weighted by Gasteiger charge is 2.16. The van der Waals surface area contributed by atoms with E-state index < -0.39 is 0 Å². The Morgan fingerprint density at radius 1 is 1.38 bits per heavy atom. The van der Waals surface area contributed by atoms with Crippen LogP contribution in [0, 0.1) is 13.8 Å². The van der Waals surface area contributed by atoms with E-state index in [1.54, 1.807) is 0 Å². The van der Waals surface area contributed by atoms with E-state index in [4.69, 9.17) is 0 Å². The molecule has 4 heteroatoms. The minimum Gasteiger partial charge on any atom is -0.325 e. The molecule has 0 spiro atoms. The molecule has 1 aromatic rings. The van der Waals surface area contributed by atoms with E-state index in [1.807, 2.05) is 26.1 Å². The summed E-state index contributed by atoms with van der Waals surface area (Å²) in [7, 11) is 2.01. The van der Waals surface area contributed by atoms with Crippen molar-refractivity contribution in [3.63, 3.8) is 0 Å². The van der Waals surface area contributed by atoms with Crippen LogP contribution in [-0.4, -0.2) is 43.5 Å². The van der Waals surface area contributed by atoms with Crippen LogP contribution in [0.5, 0.6) is 0 Å². The van der Waals surface area contributed by atoms with Gasteiger partial charge in [0.25, 0.3) is 0 Å². The van der Waals surface area contributed by atoms with Crippen LogP contribution in [-0.2, 0) is 4.79 Å². The molecule has 1 aromatic carbocycles. The summed E-state index contributed by atoms with van der Waals surface area (Å²) in [5, 5.41) is 6.53. The van der Waals surface area contributed by atoms with Gasteiger partial charge in [0, 0.05) is 18.3 Å². The van der Waals surface area contributed by atoms with E-state index in [2.05, 4.69) is 28.5 Å². The van der Waals surface area contributed by atoms with Crippen molar-refractivity contribution in [1.82, 2.24) is 10.2 Å². The van der Waals surface area contributed by atoms with E-state index >= 15 is 0 Å². The van der Waals surface area contributed by atoms with Crippen molar-refractivity contribution in [2.75, 3.05) is 32.0 Å². The molecule has 0 saturated carbocycles. The first-order valence-electron chi connectivity index (χ1n) is 7.84. The third-order valence-electron chi connectivity index (χ3n) is 4.24. The Labute approximate surface area is 127 Å². The van der Waals surface area contributed by atoms with Crippen LogP contribution < -0.4 is 10.6 Å². The van der Waals surface area contributed by atoms with Gasteiger partial charge in [-0.1, -0.05) is 18.6 Å². The number of piperidine rings is 1. The highest BCUT2D eigenvalue weighted by Crippen LogP contribution is 2.17. The second kappa shape index (κ2) is 7.57. The van der Waals surface area contributed by atoms with Crippen molar-refractivity contribution in [3.05, 3.63) is 29.3 Å². The zero-order valence-corrected chi connectivity index (χ0v) is 13.4. The van der Waals surface area contributed by atoms with Crippen molar-refractivity contribution < 1.29 is 4.79 Å². The zero-order chi connectivity index (χ0) is 15.2. The maximum Gasteiger partial charge on any atom is 0.238 e. The molecule has 1 amide bonds. The van der Waals surface area contributed by atoms with Gasteiger partial charge in [-0.25, -0.2) is 0 Å². The lowest BCUT2D eigenvalue weighted by molar-refractivity contribution is -0.117. The second-order valence-corrected chi connectivity index (χ2v) is 6.14. The first-order valence-corrected chi connectivity index (χ1v) is 7.84. The van der Waals surface area contributed by atoms with Crippen LogP contribution in [0.25, 0.3) is 0 Å². The lowest BCUT2D eigenvalue weighted by atomic mass is 10.0. The summed E-state index contributed by atoms with van der Waals surface area (Å²) >= 11 is 0. The molecule has 1 saturated heterocycles. The Morgan fingerprint density at radius 2 is 2.19 bits per heavy atom. The molecule has 0 radical (unpaired) electrons. The van der Waals surface area contributed by atoms with Crippen LogP contribution in [0.2, 0.25) is 0 Å². The number of nitrogens with one attached hydrogen (secondary N) is 2. The molecule has 21 heavy (non-hydrogen) atoms. The molecule has 1 aliphatic rings. The fraction of sp³-hybridized carbons (Fsp3) is 0.588. The number of aryl methyl sites for hydroxylation is 1. The topological polar surface area (TPSA) is 44.4 Å². The smallest absolute Gasteiger partial charge is 0.238 e. The SMILES string of the molecule is Cc1cccc(NC(=O)CN(C)CC2CCCCN2)c1C. The maximum atomic E-state index is 12.2. The summed E-state index contributed by atoms with van der Waals surface area (Å²) in [6, 6.07) is 6.53. The van der Waals surface area contributed by atoms with E-state index in [0.29, 0.717) is 12.6 Å². The van der Waals surface area contributed by atoms with Crippen LogP contribution >= 0.6 is 0 Å². The predicted molar refractivity (Wildman–Crippen MR) is 87.7 cm³/mol. The molecule has 0 aliphatic carbocycles. The minimum atomic E-state index is 0.0574. The first-order chi connectivity index (χ1) is 10.1. The van der Waals surface area contributed by atoms with Gasteiger partial charge in [-0.05, 0) is 57.5 Å². The number of carbonyl (C=O) groups excluding carboxylic acids is 1. The number of anilines is 1. The second-order valence-electron chi connectivity index (χ2n) is 6.14. The molecular formula is C17H27N3O. The van der Waals surface area contributed by atoms with Gasteiger partial charge >= 0.3 is 0 Å². The highest BCUT2D eigenvalue weighted by atomic mass is 16.2. The third-order valence-corrected chi connectivity index (χ3v) is 4.24. The first kappa shape index (κ1) is 16.0. The van der Waals surface area contributed by atoms with Gasteiger partial charge < -0.3 is 10.6 Å². The Hall–Kier alpha value is -1.39.